The molecule has 0 nitrogen and oxygen atoms in total. The molecule has 0 aliphatic rings. The summed E-state index contributed by atoms with van der Waals surface area (Å²) in [6, 6.07) is 19.6. The van der Waals surface area contributed by atoms with Gasteiger partial charge in [-0.2, -0.15) is 11.3 Å². The van der Waals surface area contributed by atoms with Gasteiger partial charge in [0.1, 0.15) is 0 Å². The molecule has 0 bridgehead atoms. The summed E-state index contributed by atoms with van der Waals surface area (Å²) in [6.07, 6.45) is 2.07. The highest BCUT2D eigenvalue weighted by molar-refractivity contribution is 7.08. The number of aryl methyl sites for hydroxylation is 1. The van der Waals surface area contributed by atoms with E-state index in [2.05, 4.69) is 72.3 Å². The summed E-state index contributed by atoms with van der Waals surface area (Å²) in [5.74, 6) is 0. The van der Waals surface area contributed by atoms with Crippen LogP contribution in [0.3, 0.4) is 0 Å². The molecular weight excluding hydrogens is 260 g/mol. The van der Waals surface area contributed by atoms with Crippen molar-refractivity contribution in [3.63, 3.8) is 0 Å². The first-order valence-corrected chi connectivity index (χ1v) is 7.89. The van der Waals surface area contributed by atoms with Crippen molar-refractivity contribution in [2.75, 3.05) is 0 Å². The van der Waals surface area contributed by atoms with E-state index in [1.807, 2.05) is 11.3 Å². The Morgan fingerprint density at radius 3 is 1.85 bits per heavy atom. The van der Waals surface area contributed by atoms with Gasteiger partial charge >= 0.3 is 0 Å². The first kappa shape index (κ1) is 13.1. The van der Waals surface area contributed by atoms with E-state index < -0.39 is 0 Å². The molecule has 3 aromatic rings. The van der Waals surface area contributed by atoms with Crippen LogP contribution in [-0.2, 0) is 12.8 Å². The van der Waals surface area contributed by atoms with E-state index in [0.29, 0.717) is 0 Å². The average Bonchev–Trinajstić information content (AvgIpc) is 2.90. The van der Waals surface area contributed by atoms with Crippen molar-refractivity contribution in [1.82, 2.24) is 0 Å². The molecular formula is C19H18S. The molecule has 0 atom stereocenters. The largest absolute Gasteiger partial charge is 0.152 e. The Hall–Kier alpha value is -1.86. The van der Waals surface area contributed by atoms with E-state index >= 15 is 0 Å². The quantitative estimate of drug-likeness (QED) is 0.612. The van der Waals surface area contributed by atoms with Crippen molar-refractivity contribution in [3.05, 3.63) is 93.2 Å². The molecule has 1 aromatic heterocycles. The molecule has 0 spiro atoms. The van der Waals surface area contributed by atoms with Crippen LogP contribution in [0.5, 0.6) is 0 Å². The molecule has 0 unspecified atom stereocenters. The highest BCUT2D eigenvalue weighted by atomic mass is 32.1. The zero-order chi connectivity index (χ0) is 13.8. The Morgan fingerprint density at radius 2 is 1.25 bits per heavy atom. The third-order valence-electron chi connectivity index (χ3n) is 3.59. The lowest BCUT2D eigenvalue weighted by Crippen LogP contribution is -1.93. The Morgan fingerprint density at radius 1 is 0.700 bits per heavy atom. The number of benzene rings is 2. The molecule has 1 heteroatoms. The van der Waals surface area contributed by atoms with Crippen molar-refractivity contribution in [1.29, 1.82) is 0 Å². The topological polar surface area (TPSA) is 0 Å². The van der Waals surface area contributed by atoms with Gasteiger partial charge in [-0.15, -0.1) is 0 Å². The first-order chi connectivity index (χ1) is 9.81. The van der Waals surface area contributed by atoms with Gasteiger partial charge in [0.05, 0.1) is 0 Å². The molecule has 0 aliphatic carbocycles. The van der Waals surface area contributed by atoms with Gasteiger partial charge in [-0.1, -0.05) is 60.2 Å². The highest BCUT2D eigenvalue weighted by Gasteiger charge is 2.06. The van der Waals surface area contributed by atoms with Gasteiger partial charge in [-0.25, -0.2) is 0 Å². The molecule has 1 heterocycles. The van der Waals surface area contributed by atoms with Crippen molar-refractivity contribution in [3.8, 4) is 0 Å². The molecule has 0 radical (unpaired) electrons. The zero-order valence-corrected chi connectivity index (χ0v) is 12.5. The van der Waals surface area contributed by atoms with Crippen LogP contribution in [-0.4, -0.2) is 0 Å². The molecule has 2 aromatic carbocycles. The van der Waals surface area contributed by atoms with E-state index in [9.17, 15) is 0 Å². The number of hydrogen-bond acceptors (Lipinski definition) is 1. The summed E-state index contributed by atoms with van der Waals surface area (Å²) < 4.78 is 0. The van der Waals surface area contributed by atoms with Gasteiger partial charge in [-0.3, -0.25) is 0 Å². The Balaban J connectivity index is 1.78. The fraction of sp³-hybridized carbons (Fsp3) is 0.158. The smallest absolute Gasteiger partial charge is 0.00147 e. The van der Waals surface area contributed by atoms with Crippen molar-refractivity contribution < 1.29 is 0 Å². The molecule has 0 fully saturated rings. The molecule has 0 aliphatic heterocycles. The maximum Gasteiger partial charge on any atom is -0.00147 e. The minimum atomic E-state index is 1.03. The molecule has 100 valence electrons. The summed E-state index contributed by atoms with van der Waals surface area (Å²) in [5.41, 5.74) is 7.02. The Labute approximate surface area is 124 Å². The van der Waals surface area contributed by atoms with Crippen LogP contribution < -0.4 is 0 Å². The summed E-state index contributed by atoms with van der Waals surface area (Å²) in [7, 11) is 0. The fourth-order valence-electron chi connectivity index (χ4n) is 2.40. The van der Waals surface area contributed by atoms with Crippen LogP contribution in [0.4, 0.5) is 0 Å². The van der Waals surface area contributed by atoms with E-state index in [4.69, 9.17) is 0 Å². The molecule has 0 amide bonds. The first-order valence-electron chi connectivity index (χ1n) is 6.95. The van der Waals surface area contributed by atoms with E-state index in [-0.39, 0.29) is 0 Å². The molecule has 20 heavy (non-hydrogen) atoms. The third kappa shape index (κ3) is 3.17. The van der Waals surface area contributed by atoms with Crippen LogP contribution in [0.15, 0.2) is 65.4 Å². The molecule has 0 saturated carbocycles. The monoisotopic (exact) mass is 278 g/mol. The van der Waals surface area contributed by atoms with Crippen molar-refractivity contribution in [2.24, 2.45) is 0 Å². The predicted molar refractivity (Wildman–Crippen MR) is 87.6 cm³/mol. The summed E-state index contributed by atoms with van der Waals surface area (Å²) in [4.78, 5) is 0. The molecule has 0 N–H and O–H groups in total. The van der Waals surface area contributed by atoms with Gasteiger partial charge in [-0.05, 0) is 52.8 Å². The lowest BCUT2D eigenvalue weighted by molar-refractivity contribution is 1.11. The Bertz CT molecular complexity index is 663. The van der Waals surface area contributed by atoms with E-state index in [0.717, 1.165) is 12.8 Å². The lowest BCUT2D eigenvalue weighted by atomic mass is 9.99. The average molecular weight is 278 g/mol. The minimum Gasteiger partial charge on any atom is -0.152 e. The predicted octanol–water partition coefficient (Wildman–Crippen LogP) is 5.24. The van der Waals surface area contributed by atoms with Crippen LogP contribution in [0, 0.1) is 6.92 Å². The van der Waals surface area contributed by atoms with Gasteiger partial charge < -0.3 is 0 Å². The van der Waals surface area contributed by atoms with Crippen LogP contribution in [0.25, 0.3) is 0 Å². The summed E-state index contributed by atoms with van der Waals surface area (Å²) in [6.45, 7) is 2.13. The second-order valence-electron chi connectivity index (χ2n) is 5.25. The number of hydrogen-bond donors (Lipinski definition) is 0. The summed E-state index contributed by atoms with van der Waals surface area (Å²) in [5, 5.41) is 4.58. The van der Waals surface area contributed by atoms with Crippen LogP contribution in [0.2, 0.25) is 0 Å². The number of thiophene rings is 1. The normalized spacial score (nSPS) is 10.7. The number of rotatable bonds is 4. The van der Waals surface area contributed by atoms with Crippen molar-refractivity contribution in [2.45, 2.75) is 19.8 Å². The lowest BCUT2D eigenvalue weighted by Gasteiger charge is -2.05. The zero-order valence-electron chi connectivity index (χ0n) is 11.7. The van der Waals surface area contributed by atoms with Crippen molar-refractivity contribution >= 4 is 11.3 Å². The van der Waals surface area contributed by atoms with Crippen LogP contribution in [0.1, 0.15) is 27.8 Å². The second-order valence-corrected chi connectivity index (χ2v) is 5.99. The fourth-order valence-corrected chi connectivity index (χ4v) is 3.27. The van der Waals surface area contributed by atoms with Crippen LogP contribution >= 0.6 is 11.3 Å². The van der Waals surface area contributed by atoms with Gasteiger partial charge in [0.25, 0.3) is 0 Å². The van der Waals surface area contributed by atoms with Gasteiger partial charge in [0.15, 0.2) is 0 Å². The van der Waals surface area contributed by atoms with E-state index in [1.165, 1.54) is 27.8 Å². The highest BCUT2D eigenvalue weighted by Crippen LogP contribution is 2.22. The van der Waals surface area contributed by atoms with E-state index in [1.54, 1.807) is 0 Å². The standard InChI is InChI=1S/C19H18S/c1-15-7-9-17(10-8-15)12-19-14-20-13-18(19)11-16-5-3-2-4-6-16/h2-10,13-14H,11-12H2,1H3. The van der Waals surface area contributed by atoms with Gasteiger partial charge in [0, 0.05) is 0 Å². The van der Waals surface area contributed by atoms with Gasteiger partial charge in [0.2, 0.25) is 0 Å². The molecule has 3 rings (SSSR count). The SMILES string of the molecule is Cc1ccc(Cc2cscc2Cc2ccccc2)cc1. The molecule has 0 saturated heterocycles. The second kappa shape index (κ2) is 6.06. The maximum atomic E-state index is 2.29. The third-order valence-corrected chi connectivity index (χ3v) is 4.43. The maximum absolute atomic E-state index is 2.29. The summed E-state index contributed by atoms with van der Waals surface area (Å²) >= 11 is 1.81. The Kier molecular flexibility index (Phi) is 3.98. The minimum absolute atomic E-state index is 1.03.